The summed E-state index contributed by atoms with van der Waals surface area (Å²) >= 11 is 0. The lowest BCUT2D eigenvalue weighted by atomic mass is 10.0. The Labute approximate surface area is 113 Å². The molecule has 0 saturated heterocycles. The zero-order chi connectivity index (χ0) is 14.1. The lowest BCUT2D eigenvalue weighted by Crippen LogP contribution is -1.91. The summed E-state index contributed by atoms with van der Waals surface area (Å²) in [6.45, 7) is 0. The average Bonchev–Trinajstić information content (AvgIpc) is 2.81. The van der Waals surface area contributed by atoms with Gasteiger partial charge in [-0.25, -0.2) is 8.78 Å². The molecular formula is C14H10F2N4. The first-order chi connectivity index (χ1) is 9.65. The van der Waals surface area contributed by atoms with Gasteiger partial charge in [0.05, 0.1) is 12.4 Å². The van der Waals surface area contributed by atoms with E-state index in [0.29, 0.717) is 11.3 Å². The summed E-state index contributed by atoms with van der Waals surface area (Å²) in [7, 11) is 1.74. The van der Waals surface area contributed by atoms with Gasteiger partial charge >= 0.3 is 0 Å². The minimum Gasteiger partial charge on any atom is -0.275 e. The normalized spacial score (nSPS) is 10.8. The molecule has 0 aliphatic heterocycles. The predicted molar refractivity (Wildman–Crippen MR) is 69.6 cm³/mol. The van der Waals surface area contributed by atoms with E-state index < -0.39 is 11.6 Å². The first kappa shape index (κ1) is 12.4. The van der Waals surface area contributed by atoms with Gasteiger partial charge in [-0.05, 0) is 18.2 Å². The van der Waals surface area contributed by atoms with Gasteiger partial charge < -0.3 is 0 Å². The molecule has 0 saturated carbocycles. The number of rotatable bonds is 2. The molecule has 0 aliphatic carbocycles. The number of benzene rings is 1. The molecule has 0 N–H and O–H groups in total. The second kappa shape index (κ2) is 4.80. The van der Waals surface area contributed by atoms with Crippen molar-refractivity contribution >= 4 is 0 Å². The van der Waals surface area contributed by atoms with E-state index in [1.165, 1.54) is 12.1 Å². The van der Waals surface area contributed by atoms with Crippen LogP contribution < -0.4 is 0 Å². The van der Waals surface area contributed by atoms with E-state index in [4.69, 9.17) is 0 Å². The molecule has 20 heavy (non-hydrogen) atoms. The van der Waals surface area contributed by atoms with Gasteiger partial charge in [0.2, 0.25) is 0 Å². The molecule has 100 valence electrons. The van der Waals surface area contributed by atoms with Crippen LogP contribution in [0.2, 0.25) is 0 Å². The highest BCUT2D eigenvalue weighted by molar-refractivity contribution is 5.80. The van der Waals surface area contributed by atoms with Crippen LogP contribution in [0.25, 0.3) is 22.4 Å². The van der Waals surface area contributed by atoms with Crippen molar-refractivity contribution in [3.63, 3.8) is 0 Å². The van der Waals surface area contributed by atoms with Crippen LogP contribution in [0, 0.1) is 11.6 Å². The number of hydrogen-bond donors (Lipinski definition) is 0. The van der Waals surface area contributed by atoms with Gasteiger partial charge in [-0.1, -0.05) is 0 Å². The minimum atomic E-state index is -0.646. The summed E-state index contributed by atoms with van der Waals surface area (Å²) in [6.07, 6.45) is 4.88. The standard InChI is InChI=1S/C14H10F2N4/c1-20-8-12(9-4-5-17-18-7-9)14(19-20)11-3-2-10(15)6-13(11)16/h2-8H,1H3. The summed E-state index contributed by atoms with van der Waals surface area (Å²) in [5, 5.41) is 11.8. The van der Waals surface area contributed by atoms with Gasteiger partial charge in [-0.2, -0.15) is 15.3 Å². The van der Waals surface area contributed by atoms with E-state index in [1.54, 1.807) is 36.4 Å². The number of aromatic nitrogens is 4. The van der Waals surface area contributed by atoms with Gasteiger partial charge in [0.15, 0.2) is 0 Å². The minimum absolute atomic E-state index is 0.249. The first-order valence-electron chi connectivity index (χ1n) is 5.91. The molecule has 0 atom stereocenters. The van der Waals surface area contributed by atoms with Crippen LogP contribution in [0.1, 0.15) is 0 Å². The molecule has 3 aromatic rings. The molecule has 0 amide bonds. The second-order valence-electron chi connectivity index (χ2n) is 4.32. The van der Waals surface area contributed by atoms with Crippen molar-refractivity contribution in [2.45, 2.75) is 0 Å². The molecule has 0 bridgehead atoms. The molecule has 0 radical (unpaired) electrons. The molecule has 4 nitrogen and oxygen atoms in total. The van der Waals surface area contributed by atoms with Gasteiger partial charge in [0, 0.05) is 36.0 Å². The van der Waals surface area contributed by atoms with Crippen molar-refractivity contribution in [2.75, 3.05) is 0 Å². The van der Waals surface area contributed by atoms with E-state index in [-0.39, 0.29) is 5.56 Å². The summed E-state index contributed by atoms with van der Waals surface area (Å²) in [5.41, 5.74) is 2.18. The summed E-state index contributed by atoms with van der Waals surface area (Å²) in [5.74, 6) is -1.26. The third-order valence-corrected chi connectivity index (χ3v) is 2.91. The molecule has 2 aromatic heterocycles. The highest BCUT2D eigenvalue weighted by Crippen LogP contribution is 2.31. The number of nitrogens with zero attached hydrogens (tertiary/aromatic N) is 4. The van der Waals surface area contributed by atoms with Crippen LogP contribution in [0.5, 0.6) is 0 Å². The van der Waals surface area contributed by atoms with Crippen LogP contribution in [-0.2, 0) is 7.05 Å². The number of halogens is 2. The van der Waals surface area contributed by atoms with Crippen molar-refractivity contribution in [2.24, 2.45) is 7.05 Å². The van der Waals surface area contributed by atoms with E-state index >= 15 is 0 Å². The molecule has 0 unspecified atom stereocenters. The molecule has 1 aromatic carbocycles. The highest BCUT2D eigenvalue weighted by atomic mass is 19.1. The summed E-state index contributed by atoms with van der Waals surface area (Å²) < 4.78 is 28.5. The Kier molecular flexibility index (Phi) is 2.98. The highest BCUT2D eigenvalue weighted by Gasteiger charge is 2.16. The Hall–Kier alpha value is -2.63. The average molecular weight is 272 g/mol. The molecule has 2 heterocycles. The third-order valence-electron chi connectivity index (χ3n) is 2.91. The van der Waals surface area contributed by atoms with E-state index in [2.05, 4.69) is 15.3 Å². The van der Waals surface area contributed by atoms with Crippen LogP contribution in [0.3, 0.4) is 0 Å². The van der Waals surface area contributed by atoms with Gasteiger partial charge in [0.25, 0.3) is 0 Å². The fourth-order valence-corrected chi connectivity index (χ4v) is 2.03. The number of aryl methyl sites for hydroxylation is 1. The smallest absolute Gasteiger partial charge is 0.135 e. The Balaban J connectivity index is 2.20. The molecule has 0 aliphatic rings. The maximum absolute atomic E-state index is 13.9. The lowest BCUT2D eigenvalue weighted by Gasteiger charge is -2.03. The molecule has 3 rings (SSSR count). The van der Waals surface area contributed by atoms with Gasteiger partial charge in [0.1, 0.15) is 17.3 Å². The largest absolute Gasteiger partial charge is 0.275 e. The van der Waals surface area contributed by atoms with E-state index in [1.807, 2.05) is 0 Å². The summed E-state index contributed by atoms with van der Waals surface area (Å²) in [4.78, 5) is 0. The molecule has 6 heteroatoms. The van der Waals surface area contributed by atoms with Crippen molar-refractivity contribution < 1.29 is 8.78 Å². The van der Waals surface area contributed by atoms with Crippen LogP contribution in [0.15, 0.2) is 42.9 Å². The van der Waals surface area contributed by atoms with Crippen LogP contribution >= 0.6 is 0 Å². The monoisotopic (exact) mass is 272 g/mol. The molecular weight excluding hydrogens is 262 g/mol. The van der Waals surface area contributed by atoms with Gasteiger partial charge in [-0.15, -0.1) is 0 Å². The Bertz CT molecular complexity index is 753. The SMILES string of the molecule is Cn1cc(-c2ccnnc2)c(-c2ccc(F)cc2F)n1. The molecule has 0 fully saturated rings. The Morgan fingerprint density at radius 1 is 1.05 bits per heavy atom. The summed E-state index contributed by atoms with van der Waals surface area (Å²) in [6, 6.07) is 5.19. The van der Waals surface area contributed by atoms with Crippen molar-refractivity contribution in [1.29, 1.82) is 0 Å². The zero-order valence-electron chi connectivity index (χ0n) is 10.6. The van der Waals surface area contributed by atoms with Crippen molar-refractivity contribution in [3.8, 4) is 22.4 Å². The molecule has 0 spiro atoms. The van der Waals surface area contributed by atoms with Crippen molar-refractivity contribution in [3.05, 3.63) is 54.5 Å². The maximum atomic E-state index is 13.9. The predicted octanol–water partition coefficient (Wildman–Crippen LogP) is 2.82. The van der Waals surface area contributed by atoms with Crippen LogP contribution in [0.4, 0.5) is 8.78 Å². The lowest BCUT2D eigenvalue weighted by molar-refractivity contribution is 0.585. The van der Waals surface area contributed by atoms with Crippen molar-refractivity contribution in [1.82, 2.24) is 20.0 Å². The fourth-order valence-electron chi connectivity index (χ4n) is 2.03. The first-order valence-corrected chi connectivity index (χ1v) is 5.91. The quantitative estimate of drug-likeness (QED) is 0.720. The number of hydrogen-bond acceptors (Lipinski definition) is 3. The van der Waals surface area contributed by atoms with E-state index in [0.717, 1.165) is 11.6 Å². The zero-order valence-corrected chi connectivity index (χ0v) is 10.6. The Morgan fingerprint density at radius 2 is 1.90 bits per heavy atom. The van der Waals surface area contributed by atoms with Gasteiger partial charge in [-0.3, -0.25) is 4.68 Å². The van der Waals surface area contributed by atoms with E-state index in [9.17, 15) is 8.78 Å². The Morgan fingerprint density at radius 3 is 2.60 bits per heavy atom. The maximum Gasteiger partial charge on any atom is 0.135 e. The van der Waals surface area contributed by atoms with Crippen LogP contribution in [-0.4, -0.2) is 20.0 Å². The third kappa shape index (κ3) is 2.16. The second-order valence-corrected chi connectivity index (χ2v) is 4.32. The fraction of sp³-hybridized carbons (Fsp3) is 0.0714. The topological polar surface area (TPSA) is 43.6 Å².